The number of nitrogens with zero attached hydrogens (tertiary/aromatic N) is 2. The van der Waals surface area contributed by atoms with Gasteiger partial charge in [-0.25, -0.2) is 0 Å². The Morgan fingerprint density at radius 3 is 2.68 bits per heavy atom. The molecule has 4 rings (SSSR count). The van der Waals surface area contributed by atoms with E-state index >= 15 is 0 Å². The summed E-state index contributed by atoms with van der Waals surface area (Å²) in [6.07, 6.45) is 0.828. The van der Waals surface area contributed by atoms with Crippen molar-refractivity contribution in [2.45, 2.75) is 16.0 Å². The first-order valence-corrected chi connectivity index (χ1v) is 8.69. The molecule has 0 radical (unpaired) electrons. The van der Waals surface area contributed by atoms with Gasteiger partial charge in [0.05, 0.1) is 0 Å². The number of benzene rings is 2. The van der Waals surface area contributed by atoms with Gasteiger partial charge in [-0.1, -0.05) is 42.1 Å². The molecule has 3 nitrogen and oxygen atoms in total. The highest BCUT2D eigenvalue weighted by Crippen LogP contribution is 2.54. The first-order chi connectivity index (χ1) is 10.6. The van der Waals surface area contributed by atoms with Crippen molar-refractivity contribution in [1.82, 2.24) is 10.2 Å². The van der Waals surface area contributed by atoms with Gasteiger partial charge >= 0.3 is 0 Å². The van der Waals surface area contributed by atoms with Crippen LogP contribution in [0, 0.1) is 5.92 Å². The third-order valence-electron chi connectivity index (χ3n) is 3.77. The molecular weight excluding hydrogens is 339 g/mol. The summed E-state index contributed by atoms with van der Waals surface area (Å²) in [7, 11) is 0. The van der Waals surface area contributed by atoms with Crippen molar-refractivity contribution in [2.75, 3.05) is 5.75 Å². The second-order valence-corrected chi connectivity index (χ2v) is 7.92. The van der Waals surface area contributed by atoms with Crippen LogP contribution in [-0.2, 0) is 0 Å². The van der Waals surface area contributed by atoms with E-state index in [1.165, 1.54) is 17.1 Å². The van der Waals surface area contributed by atoms with Gasteiger partial charge in [0.2, 0.25) is 5.89 Å². The molecule has 1 aromatic heterocycles. The van der Waals surface area contributed by atoms with E-state index in [2.05, 4.69) is 34.5 Å². The molecule has 1 unspecified atom stereocenters. The third kappa shape index (κ3) is 2.83. The Hall–Kier alpha value is -1.23. The van der Waals surface area contributed by atoms with Crippen molar-refractivity contribution in [3.8, 4) is 11.5 Å². The Balaban J connectivity index is 1.52. The van der Waals surface area contributed by atoms with Gasteiger partial charge in [0, 0.05) is 17.2 Å². The molecule has 1 fully saturated rings. The van der Waals surface area contributed by atoms with Gasteiger partial charge in [-0.05, 0) is 29.3 Å². The molecule has 1 atom stereocenters. The van der Waals surface area contributed by atoms with Crippen LogP contribution in [-0.4, -0.2) is 20.3 Å². The van der Waals surface area contributed by atoms with Crippen LogP contribution in [0.5, 0.6) is 0 Å². The number of hydrogen-bond acceptors (Lipinski definition) is 4. The summed E-state index contributed by atoms with van der Waals surface area (Å²) in [5, 5.41) is 11.1. The summed E-state index contributed by atoms with van der Waals surface area (Å²) < 4.78 is 5.16. The largest absolute Gasteiger partial charge is 0.411 e. The first-order valence-electron chi connectivity index (χ1n) is 6.95. The van der Waals surface area contributed by atoms with Crippen LogP contribution in [0.4, 0.5) is 0 Å². The molecule has 2 aromatic carbocycles. The van der Waals surface area contributed by atoms with Crippen LogP contribution in [0.3, 0.4) is 0 Å². The number of alkyl halides is 2. The maximum absolute atomic E-state index is 6.02. The molecule has 0 N–H and O–H groups in total. The molecule has 1 aliphatic rings. The predicted octanol–water partition coefficient (Wildman–Crippen LogP) is 5.18. The Labute approximate surface area is 142 Å². The van der Waals surface area contributed by atoms with Crippen molar-refractivity contribution in [1.29, 1.82) is 0 Å². The zero-order chi connectivity index (χ0) is 15.2. The first kappa shape index (κ1) is 14.4. The standard InChI is InChI=1S/C16H12Cl2N2OS/c17-16(18)8-13(16)9-22-15-20-19-14(21-15)12-6-5-10-3-1-2-4-11(10)7-12/h1-7,13H,8-9H2. The van der Waals surface area contributed by atoms with Crippen molar-refractivity contribution < 1.29 is 4.42 Å². The van der Waals surface area contributed by atoms with Crippen LogP contribution in [0.2, 0.25) is 0 Å². The molecule has 1 aliphatic carbocycles. The van der Waals surface area contributed by atoms with Crippen molar-refractivity contribution in [3.05, 3.63) is 42.5 Å². The maximum atomic E-state index is 6.02. The lowest BCUT2D eigenvalue weighted by Crippen LogP contribution is -1.92. The quantitative estimate of drug-likeness (QED) is 0.480. The molecule has 3 aromatic rings. The Bertz CT molecular complexity index is 834. The van der Waals surface area contributed by atoms with E-state index in [1.807, 2.05) is 18.2 Å². The van der Waals surface area contributed by atoms with Crippen molar-refractivity contribution >= 4 is 45.7 Å². The molecule has 112 valence electrons. The fourth-order valence-corrected chi connectivity index (χ4v) is 4.02. The lowest BCUT2D eigenvalue weighted by Gasteiger charge is -1.99. The predicted molar refractivity (Wildman–Crippen MR) is 90.5 cm³/mol. The summed E-state index contributed by atoms with van der Waals surface area (Å²) >= 11 is 13.5. The Morgan fingerprint density at radius 2 is 1.91 bits per heavy atom. The summed E-state index contributed by atoms with van der Waals surface area (Å²) in [5.74, 6) is 1.63. The van der Waals surface area contributed by atoms with Gasteiger partial charge in [0.15, 0.2) is 0 Å². The van der Waals surface area contributed by atoms with Crippen LogP contribution in [0.1, 0.15) is 6.42 Å². The van der Waals surface area contributed by atoms with E-state index < -0.39 is 4.33 Å². The van der Waals surface area contributed by atoms with Crippen LogP contribution in [0.25, 0.3) is 22.2 Å². The van der Waals surface area contributed by atoms with Crippen LogP contribution >= 0.6 is 35.0 Å². The topological polar surface area (TPSA) is 38.9 Å². The van der Waals surface area contributed by atoms with E-state index in [0.29, 0.717) is 17.0 Å². The minimum absolute atomic E-state index is 0.303. The molecule has 0 bridgehead atoms. The highest BCUT2D eigenvalue weighted by atomic mass is 35.5. The fraction of sp³-hybridized carbons (Fsp3) is 0.250. The summed E-state index contributed by atoms with van der Waals surface area (Å²) in [6.45, 7) is 0. The zero-order valence-corrected chi connectivity index (χ0v) is 13.8. The zero-order valence-electron chi connectivity index (χ0n) is 11.5. The average Bonchev–Trinajstić information content (AvgIpc) is 2.94. The number of aromatic nitrogens is 2. The van der Waals surface area contributed by atoms with Gasteiger partial charge in [0.1, 0.15) is 4.33 Å². The molecule has 0 aliphatic heterocycles. The second kappa shape index (κ2) is 5.44. The molecule has 22 heavy (non-hydrogen) atoms. The number of rotatable bonds is 4. The lowest BCUT2D eigenvalue weighted by molar-refractivity contribution is 0.465. The summed E-state index contributed by atoms with van der Waals surface area (Å²) in [6, 6.07) is 14.3. The minimum atomic E-state index is -0.561. The van der Waals surface area contributed by atoms with Gasteiger partial charge in [0.25, 0.3) is 5.22 Å². The lowest BCUT2D eigenvalue weighted by atomic mass is 10.1. The second-order valence-electron chi connectivity index (χ2n) is 5.41. The molecule has 1 heterocycles. The highest BCUT2D eigenvalue weighted by molar-refractivity contribution is 7.99. The molecule has 6 heteroatoms. The maximum Gasteiger partial charge on any atom is 0.276 e. The van der Waals surface area contributed by atoms with E-state index in [1.54, 1.807) is 0 Å². The number of hydrogen-bond donors (Lipinski definition) is 0. The molecule has 0 spiro atoms. The van der Waals surface area contributed by atoms with E-state index in [4.69, 9.17) is 27.6 Å². The minimum Gasteiger partial charge on any atom is -0.411 e. The molecule has 0 amide bonds. The number of halogens is 2. The SMILES string of the molecule is ClC1(Cl)CC1CSc1nnc(-c2ccc3ccccc3c2)o1. The fourth-order valence-electron chi connectivity index (χ4n) is 2.33. The van der Waals surface area contributed by atoms with E-state index in [0.717, 1.165) is 23.1 Å². The molecule has 0 saturated heterocycles. The van der Waals surface area contributed by atoms with Crippen LogP contribution < -0.4 is 0 Å². The number of fused-ring (bicyclic) bond motifs is 1. The summed E-state index contributed by atoms with van der Waals surface area (Å²) in [4.78, 5) is 0. The number of thioether (sulfide) groups is 1. The molecule has 1 saturated carbocycles. The Morgan fingerprint density at radius 1 is 1.14 bits per heavy atom. The van der Waals surface area contributed by atoms with E-state index in [-0.39, 0.29) is 0 Å². The van der Waals surface area contributed by atoms with Gasteiger partial charge in [-0.15, -0.1) is 33.4 Å². The summed E-state index contributed by atoms with van der Waals surface area (Å²) in [5.41, 5.74) is 0.925. The normalized spacial score (nSPS) is 19.5. The van der Waals surface area contributed by atoms with Gasteiger partial charge in [-0.3, -0.25) is 0 Å². The highest BCUT2D eigenvalue weighted by Gasteiger charge is 2.51. The Kier molecular flexibility index (Phi) is 3.56. The molecular formula is C16H12Cl2N2OS. The van der Waals surface area contributed by atoms with Gasteiger partial charge in [-0.2, -0.15) is 0 Å². The third-order valence-corrected chi connectivity index (χ3v) is 5.67. The van der Waals surface area contributed by atoms with Gasteiger partial charge < -0.3 is 4.42 Å². The monoisotopic (exact) mass is 350 g/mol. The van der Waals surface area contributed by atoms with Crippen molar-refractivity contribution in [2.24, 2.45) is 5.92 Å². The van der Waals surface area contributed by atoms with E-state index in [9.17, 15) is 0 Å². The van der Waals surface area contributed by atoms with Crippen molar-refractivity contribution in [3.63, 3.8) is 0 Å². The van der Waals surface area contributed by atoms with Crippen LogP contribution in [0.15, 0.2) is 52.1 Å². The smallest absolute Gasteiger partial charge is 0.276 e. The average molecular weight is 351 g/mol.